The summed E-state index contributed by atoms with van der Waals surface area (Å²) in [5, 5.41) is 0. The molecule has 1 amide bonds. The molecule has 0 aromatic heterocycles. The minimum Gasteiger partial charge on any atom is -0.497 e. The van der Waals surface area contributed by atoms with Gasteiger partial charge in [0.2, 0.25) is 0 Å². The number of benzene rings is 2. The van der Waals surface area contributed by atoms with Gasteiger partial charge >= 0.3 is 6.61 Å². The smallest absolute Gasteiger partial charge is 0.387 e. The summed E-state index contributed by atoms with van der Waals surface area (Å²) in [6, 6.07) is 11.6. The molecule has 0 atom stereocenters. The van der Waals surface area contributed by atoms with Crippen LogP contribution >= 0.6 is 0 Å². The molecule has 1 heterocycles. The Hall–Kier alpha value is -2.63. The Morgan fingerprint density at radius 1 is 1.21 bits per heavy atom. The highest BCUT2D eigenvalue weighted by atomic mass is 19.3. The Kier molecular flexibility index (Phi) is 4.64. The van der Waals surface area contributed by atoms with Gasteiger partial charge in [0.15, 0.2) is 0 Å². The molecule has 4 nitrogen and oxygen atoms in total. The molecular weight excluding hydrogens is 316 g/mol. The third kappa shape index (κ3) is 3.18. The number of ether oxygens (including phenoxy) is 2. The topological polar surface area (TPSA) is 38.8 Å². The average molecular weight is 333 g/mol. The van der Waals surface area contributed by atoms with Crippen molar-refractivity contribution in [2.75, 3.05) is 18.6 Å². The second kappa shape index (κ2) is 6.86. The zero-order valence-corrected chi connectivity index (χ0v) is 13.2. The molecule has 24 heavy (non-hydrogen) atoms. The average Bonchev–Trinajstić information content (AvgIpc) is 2.60. The van der Waals surface area contributed by atoms with Crippen molar-refractivity contribution in [2.45, 2.75) is 19.5 Å². The van der Waals surface area contributed by atoms with E-state index in [1.807, 2.05) is 12.1 Å². The number of rotatable bonds is 4. The summed E-state index contributed by atoms with van der Waals surface area (Å²) in [5.41, 5.74) is 1.90. The van der Waals surface area contributed by atoms with Crippen molar-refractivity contribution in [2.24, 2.45) is 0 Å². The molecule has 0 aliphatic carbocycles. The van der Waals surface area contributed by atoms with Gasteiger partial charge in [0.25, 0.3) is 5.91 Å². The Morgan fingerprint density at radius 3 is 2.75 bits per heavy atom. The summed E-state index contributed by atoms with van der Waals surface area (Å²) in [7, 11) is 1.59. The van der Waals surface area contributed by atoms with Crippen LogP contribution < -0.4 is 14.4 Å². The van der Waals surface area contributed by atoms with Gasteiger partial charge in [-0.15, -0.1) is 0 Å². The van der Waals surface area contributed by atoms with Crippen LogP contribution in [0.1, 0.15) is 22.3 Å². The van der Waals surface area contributed by atoms with Gasteiger partial charge in [-0.25, -0.2) is 0 Å². The second-order valence-corrected chi connectivity index (χ2v) is 5.43. The van der Waals surface area contributed by atoms with E-state index >= 15 is 0 Å². The lowest BCUT2D eigenvalue weighted by molar-refractivity contribution is -0.0501. The number of para-hydroxylation sites is 1. The maximum Gasteiger partial charge on any atom is 0.387 e. The van der Waals surface area contributed by atoms with Crippen LogP contribution in [0.3, 0.4) is 0 Å². The number of carbonyl (C=O) groups excluding carboxylic acids is 1. The number of hydrogen-bond donors (Lipinski definition) is 0. The molecular formula is C18H17F2NO3. The van der Waals surface area contributed by atoms with Crippen molar-refractivity contribution in [3.8, 4) is 11.5 Å². The van der Waals surface area contributed by atoms with Gasteiger partial charge < -0.3 is 14.4 Å². The Bertz CT molecular complexity index is 749. The fourth-order valence-corrected chi connectivity index (χ4v) is 2.90. The van der Waals surface area contributed by atoms with Crippen LogP contribution in [0, 0.1) is 0 Å². The maximum atomic E-state index is 12.9. The van der Waals surface area contributed by atoms with Gasteiger partial charge in [-0.2, -0.15) is 8.78 Å². The lowest BCUT2D eigenvalue weighted by Gasteiger charge is -2.30. The van der Waals surface area contributed by atoms with E-state index in [9.17, 15) is 13.6 Å². The van der Waals surface area contributed by atoms with E-state index in [-0.39, 0.29) is 17.2 Å². The minimum atomic E-state index is -2.98. The molecule has 0 spiro atoms. The number of fused-ring (bicyclic) bond motifs is 1. The van der Waals surface area contributed by atoms with Crippen LogP contribution in [0.25, 0.3) is 0 Å². The molecule has 0 saturated heterocycles. The van der Waals surface area contributed by atoms with Gasteiger partial charge in [0.1, 0.15) is 11.5 Å². The highest BCUT2D eigenvalue weighted by Crippen LogP contribution is 2.33. The Morgan fingerprint density at radius 2 is 2.00 bits per heavy atom. The molecule has 0 bridgehead atoms. The van der Waals surface area contributed by atoms with Gasteiger partial charge in [0.05, 0.1) is 12.7 Å². The maximum absolute atomic E-state index is 12.9. The molecule has 1 aliphatic heterocycles. The van der Waals surface area contributed by atoms with Crippen LogP contribution in [0.5, 0.6) is 11.5 Å². The Balaban J connectivity index is 1.95. The van der Waals surface area contributed by atoms with Crippen LogP contribution in [-0.2, 0) is 6.42 Å². The zero-order valence-electron chi connectivity index (χ0n) is 13.2. The minimum absolute atomic E-state index is 0.113. The first-order valence-corrected chi connectivity index (χ1v) is 7.63. The predicted octanol–water partition coefficient (Wildman–Crippen LogP) is 3.89. The highest BCUT2D eigenvalue weighted by Gasteiger charge is 2.26. The van der Waals surface area contributed by atoms with Crippen molar-refractivity contribution in [3.63, 3.8) is 0 Å². The lowest BCUT2D eigenvalue weighted by Crippen LogP contribution is -2.35. The van der Waals surface area contributed by atoms with E-state index in [0.29, 0.717) is 6.54 Å². The summed E-state index contributed by atoms with van der Waals surface area (Å²) >= 11 is 0. The van der Waals surface area contributed by atoms with Crippen molar-refractivity contribution < 1.29 is 23.0 Å². The van der Waals surface area contributed by atoms with E-state index in [2.05, 4.69) is 4.74 Å². The molecule has 0 saturated carbocycles. The standard InChI is InChI=1S/C18H17F2NO3/c1-23-13-8-9-15-12(11-13)5-4-10-21(15)17(22)14-6-2-3-7-16(14)24-18(19)20/h2-3,6-9,11,18H,4-5,10H2,1H3. The molecule has 0 fully saturated rings. The molecule has 0 radical (unpaired) electrons. The van der Waals surface area contributed by atoms with Crippen molar-refractivity contribution in [3.05, 3.63) is 53.6 Å². The van der Waals surface area contributed by atoms with E-state index in [1.54, 1.807) is 30.2 Å². The summed E-state index contributed by atoms with van der Waals surface area (Å²) in [6.45, 7) is -2.45. The first-order chi connectivity index (χ1) is 11.6. The highest BCUT2D eigenvalue weighted by molar-refractivity contribution is 6.08. The largest absolute Gasteiger partial charge is 0.497 e. The first kappa shape index (κ1) is 16.2. The molecule has 2 aromatic carbocycles. The normalized spacial score (nSPS) is 13.6. The lowest BCUT2D eigenvalue weighted by atomic mass is 10.00. The SMILES string of the molecule is COc1ccc2c(c1)CCCN2C(=O)c1ccccc1OC(F)F. The van der Waals surface area contributed by atoms with Gasteiger partial charge in [-0.3, -0.25) is 4.79 Å². The summed E-state index contributed by atoms with van der Waals surface area (Å²) < 4.78 is 34.8. The van der Waals surface area contributed by atoms with Gasteiger partial charge in [-0.05, 0) is 48.7 Å². The molecule has 6 heteroatoms. The zero-order chi connectivity index (χ0) is 17.1. The number of methoxy groups -OCH3 is 1. The number of anilines is 1. The number of aryl methyl sites for hydroxylation is 1. The molecule has 0 unspecified atom stereocenters. The number of hydrogen-bond acceptors (Lipinski definition) is 3. The van der Waals surface area contributed by atoms with Crippen LogP contribution in [0.4, 0.5) is 14.5 Å². The monoisotopic (exact) mass is 333 g/mol. The third-order valence-electron chi connectivity index (χ3n) is 3.98. The fraction of sp³-hybridized carbons (Fsp3) is 0.278. The Labute approximate surface area is 138 Å². The van der Waals surface area contributed by atoms with Gasteiger partial charge in [0, 0.05) is 12.2 Å². The van der Waals surface area contributed by atoms with Crippen LogP contribution in [0.2, 0.25) is 0 Å². The summed E-state index contributed by atoms with van der Waals surface area (Å²) in [6.07, 6.45) is 1.63. The molecule has 126 valence electrons. The number of nitrogens with zero attached hydrogens (tertiary/aromatic N) is 1. The number of amides is 1. The molecule has 2 aromatic rings. The van der Waals surface area contributed by atoms with E-state index < -0.39 is 6.61 Å². The summed E-state index contributed by atoms with van der Waals surface area (Å²) in [4.78, 5) is 14.5. The predicted molar refractivity (Wildman–Crippen MR) is 86.1 cm³/mol. The van der Waals surface area contributed by atoms with Crippen LogP contribution in [-0.4, -0.2) is 26.2 Å². The summed E-state index contributed by atoms with van der Waals surface area (Å²) in [5.74, 6) is 0.264. The van der Waals surface area contributed by atoms with E-state index in [1.165, 1.54) is 12.1 Å². The number of carbonyl (C=O) groups is 1. The molecule has 1 aliphatic rings. The van der Waals surface area contributed by atoms with E-state index in [0.717, 1.165) is 29.8 Å². The number of halogens is 2. The van der Waals surface area contributed by atoms with Crippen LogP contribution in [0.15, 0.2) is 42.5 Å². The van der Waals surface area contributed by atoms with Crippen molar-refractivity contribution in [1.29, 1.82) is 0 Å². The van der Waals surface area contributed by atoms with Crippen molar-refractivity contribution >= 4 is 11.6 Å². The molecule has 3 rings (SSSR count). The molecule has 0 N–H and O–H groups in total. The van der Waals surface area contributed by atoms with Gasteiger partial charge in [-0.1, -0.05) is 12.1 Å². The van der Waals surface area contributed by atoms with E-state index in [4.69, 9.17) is 4.74 Å². The fourth-order valence-electron chi connectivity index (χ4n) is 2.90. The quantitative estimate of drug-likeness (QED) is 0.852. The number of alkyl halides is 2. The second-order valence-electron chi connectivity index (χ2n) is 5.43. The van der Waals surface area contributed by atoms with Crippen molar-refractivity contribution in [1.82, 2.24) is 0 Å². The first-order valence-electron chi connectivity index (χ1n) is 7.63. The third-order valence-corrected chi connectivity index (χ3v) is 3.98.